The SMILES string of the molecule is COc1ccc(OC)c(/C(=C/c2cccc(C)c2)C(=O)O)c1. The molecule has 2 aromatic carbocycles. The van der Waals surface area contributed by atoms with Crippen LogP contribution in [0.1, 0.15) is 16.7 Å². The normalized spacial score (nSPS) is 11.1. The first-order valence-corrected chi connectivity index (χ1v) is 6.79. The molecule has 0 aliphatic carbocycles. The van der Waals surface area contributed by atoms with Crippen LogP contribution in [-0.4, -0.2) is 25.3 Å². The highest BCUT2D eigenvalue weighted by atomic mass is 16.5. The van der Waals surface area contributed by atoms with Crippen LogP contribution in [0.25, 0.3) is 11.6 Å². The van der Waals surface area contributed by atoms with Crippen molar-refractivity contribution in [2.45, 2.75) is 6.92 Å². The van der Waals surface area contributed by atoms with E-state index in [9.17, 15) is 9.90 Å². The van der Waals surface area contributed by atoms with E-state index >= 15 is 0 Å². The van der Waals surface area contributed by atoms with Crippen LogP contribution in [0.2, 0.25) is 0 Å². The lowest BCUT2D eigenvalue weighted by Crippen LogP contribution is -2.02. The number of benzene rings is 2. The van der Waals surface area contributed by atoms with Gasteiger partial charge in [0.2, 0.25) is 0 Å². The minimum Gasteiger partial charge on any atom is -0.497 e. The van der Waals surface area contributed by atoms with Crippen molar-refractivity contribution in [2.24, 2.45) is 0 Å². The van der Waals surface area contributed by atoms with Crippen molar-refractivity contribution in [2.75, 3.05) is 14.2 Å². The van der Waals surface area contributed by atoms with Gasteiger partial charge in [-0.2, -0.15) is 0 Å². The molecule has 0 atom stereocenters. The topological polar surface area (TPSA) is 55.8 Å². The zero-order valence-electron chi connectivity index (χ0n) is 12.8. The Labute approximate surface area is 129 Å². The molecule has 0 fully saturated rings. The molecule has 114 valence electrons. The van der Waals surface area contributed by atoms with Crippen LogP contribution in [0, 0.1) is 6.92 Å². The molecule has 1 N–H and O–H groups in total. The van der Waals surface area contributed by atoms with Gasteiger partial charge in [-0.25, -0.2) is 4.79 Å². The van der Waals surface area contributed by atoms with Crippen molar-refractivity contribution in [1.82, 2.24) is 0 Å². The largest absolute Gasteiger partial charge is 0.497 e. The van der Waals surface area contributed by atoms with E-state index < -0.39 is 5.97 Å². The van der Waals surface area contributed by atoms with E-state index in [4.69, 9.17) is 9.47 Å². The van der Waals surface area contributed by atoms with Crippen molar-refractivity contribution in [3.05, 3.63) is 59.2 Å². The van der Waals surface area contributed by atoms with Gasteiger partial charge in [0.05, 0.1) is 19.8 Å². The van der Waals surface area contributed by atoms with Gasteiger partial charge in [-0.05, 0) is 36.8 Å². The highest BCUT2D eigenvalue weighted by Crippen LogP contribution is 2.31. The molecule has 0 spiro atoms. The third-order valence-corrected chi connectivity index (χ3v) is 3.28. The van der Waals surface area contributed by atoms with Crippen LogP contribution in [0.15, 0.2) is 42.5 Å². The Hall–Kier alpha value is -2.75. The molecule has 2 aromatic rings. The van der Waals surface area contributed by atoms with E-state index in [2.05, 4.69) is 0 Å². The van der Waals surface area contributed by atoms with Gasteiger partial charge < -0.3 is 14.6 Å². The van der Waals surface area contributed by atoms with Crippen LogP contribution < -0.4 is 9.47 Å². The smallest absolute Gasteiger partial charge is 0.336 e. The van der Waals surface area contributed by atoms with Gasteiger partial charge in [0.15, 0.2) is 0 Å². The molecule has 0 heterocycles. The van der Waals surface area contributed by atoms with Crippen molar-refractivity contribution >= 4 is 17.6 Å². The van der Waals surface area contributed by atoms with Crippen molar-refractivity contribution < 1.29 is 19.4 Å². The summed E-state index contributed by atoms with van der Waals surface area (Å²) in [7, 11) is 3.05. The molecule has 4 heteroatoms. The second kappa shape index (κ2) is 6.80. The Morgan fingerprint density at radius 1 is 1.09 bits per heavy atom. The summed E-state index contributed by atoms with van der Waals surface area (Å²) < 4.78 is 10.5. The number of rotatable bonds is 5. The maximum absolute atomic E-state index is 11.7. The van der Waals surface area contributed by atoms with Gasteiger partial charge >= 0.3 is 5.97 Å². The molecule has 2 rings (SSSR count). The second-order valence-electron chi connectivity index (χ2n) is 4.84. The maximum atomic E-state index is 11.7. The number of aryl methyl sites for hydroxylation is 1. The fourth-order valence-electron chi connectivity index (χ4n) is 2.21. The summed E-state index contributed by atoms with van der Waals surface area (Å²) >= 11 is 0. The Balaban J connectivity index is 2.59. The van der Waals surface area contributed by atoms with E-state index in [-0.39, 0.29) is 5.57 Å². The third-order valence-electron chi connectivity index (χ3n) is 3.28. The van der Waals surface area contributed by atoms with Gasteiger partial charge in [-0.1, -0.05) is 29.8 Å². The lowest BCUT2D eigenvalue weighted by Gasteiger charge is -2.11. The molecule has 0 radical (unpaired) electrons. The molecule has 0 unspecified atom stereocenters. The standard InChI is InChI=1S/C18H18O4/c1-12-5-4-6-13(9-12)10-16(18(19)20)15-11-14(21-2)7-8-17(15)22-3/h4-11H,1-3H3,(H,19,20)/b16-10-. The Morgan fingerprint density at radius 3 is 2.45 bits per heavy atom. The first-order valence-electron chi connectivity index (χ1n) is 6.79. The van der Waals surface area contributed by atoms with E-state index in [0.29, 0.717) is 17.1 Å². The van der Waals surface area contributed by atoms with Crippen LogP contribution in [0.3, 0.4) is 0 Å². The molecule has 4 nitrogen and oxygen atoms in total. The molecule has 0 saturated heterocycles. The quantitative estimate of drug-likeness (QED) is 0.676. The summed E-state index contributed by atoms with van der Waals surface area (Å²) in [5, 5.41) is 9.58. The molecular formula is C18H18O4. The molecule has 0 bridgehead atoms. The molecule has 0 aliphatic heterocycles. The zero-order chi connectivity index (χ0) is 16.1. The number of hydrogen-bond acceptors (Lipinski definition) is 3. The average Bonchev–Trinajstić information content (AvgIpc) is 2.51. The lowest BCUT2D eigenvalue weighted by atomic mass is 10.0. The summed E-state index contributed by atoms with van der Waals surface area (Å²) in [5.74, 6) is 0.0438. The molecule has 22 heavy (non-hydrogen) atoms. The number of carboxylic acids is 1. The first kappa shape index (κ1) is 15.6. The molecule has 0 aromatic heterocycles. The molecule has 0 saturated carbocycles. The van der Waals surface area contributed by atoms with Crippen molar-refractivity contribution in [1.29, 1.82) is 0 Å². The van der Waals surface area contributed by atoms with Gasteiger partial charge in [-0.15, -0.1) is 0 Å². The van der Waals surface area contributed by atoms with Gasteiger partial charge in [0, 0.05) is 5.56 Å². The van der Waals surface area contributed by atoms with Crippen LogP contribution in [0.5, 0.6) is 11.5 Å². The van der Waals surface area contributed by atoms with E-state index in [1.165, 1.54) is 14.2 Å². The zero-order valence-corrected chi connectivity index (χ0v) is 12.8. The number of hydrogen-bond donors (Lipinski definition) is 1. The van der Waals surface area contributed by atoms with Gasteiger partial charge in [-0.3, -0.25) is 0 Å². The molecular weight excluding hydrogens is 280 g/mol. The maximum Gasteiger partial charge on any atom is 0.336 e. The third kappa shape index (κ3) is 3.47. The fraction of sp³-hybridized carbons (Fsp3) is 0.167. The Morgan fingerprint density at radius 2 is 1.86 bits per heavy atom. The molecule has 0 amide bonds. The number of ether oxygens (including phenoxy) is 2. The predicted octanol–water partition coefficient (Wildman–Crippen LogP) is 3.64. The van der Waals surface area contributed by atoms with Gasteiger partial charge in [0.1, 0.15) is 11.5 Å². The van der Waals surface area contributed by atoms with E-state index in [1.807, 2.05) is 31.2 Å². The van der Waals surface area contributed by atoms with E-state index in [1.54, 1.807) is 24.3 Å². The van der Waals surface area contributed by atoms with Crippen molar-refractivity contribution in [3.8, 4) is 11.5 Å². The van der Waals surface area contributed by atoms with Crippen LogP contribution in [-0.2, 0) is 4.79 Å². The number of carbonyl (C=O) groups is 1. The minimum atomic E-state index is -1.02. The lowest BCUT2D eigenvalue weighted by molar-refractivity contribution is -0.130. The first-order chi connectivity index (χ1) is 10.5. The van der Waals surface area contributed by atoms with Gasteiger partial charge in [0.25, 0.3) is 0 Å². The highest BCUT2D eigenvalue weighted by Gasteiger charge is 2.16. The second-order valence-corrected chi connectivity index (χ2v) is 4.84. The predicted molar refractivity (Wildman–Crippen MR) is 86.2 cm³/mol. The number of carboxylic acid groups (broad SMARTS) is 1. The Kier molecular flexibility index (Phi) is 4.84. The Bertz CT molecular complexity index is 717. The fourth-order valence-corrected chi connectivity index (χ4v) is 2.21. The van der Waals surface area contributed by atoms with Crippen molar-refractivity contribution in [3.63, 3.8) is 0 Å². The van der Waals surface area contributed by atoms with E-state index in [0.717, 1.165) is 11.1 Å². The average molecular weight is 298 g/mol. The number of aliphatic carboxylic acids is 1. The molecule has 0 aliphatic rings. The van der Waals surface area contributed by atoms with Crippen LogP contribution >= 0.6 is 0 Å². The minimum absolute atomic E-state index is 0.154. The summed E-state index contributed by atoms with van der Waals surface area (Å²) in [5.41, 5.74) is 2.52. The summed E-state index contributed by atoms with van der Waals surface area (Å²) in [6.07, 6.45) is 1.63. The number of methoxy groups -OCH3 is 2. The monoisotopic (exact) mass is 298 g/mol. The summed E-state index contributed by atoms with van der Waals surface area (Å²) in [6.45, 7) is 1.96. The summed E-state index contributed by atoms with van der Waals surface area (Å²) in [6, 6.07) is 12.7. The van der Waals surface area contributed by atoms with Crippen LogP contribution in [0.4, 0.5) is 0 Å². The summed E-state index contributed by atoms with van der Waals surface area (Å²) in [4.78, 5) is 11.7. The highest BCUT2D eigenvalue weighted by molar-refractivity contribution is 6.21.